The molecule has 24 heavy (non-hydrogen) atoms. The molecule has 0 unspecified atom stereocenters. The minimum absolute atomic E-state index is 0.0865. The van der Waals surface area contributed by atoms with Gasteiger partial charge in [0.2, 0.25) is 5.95 Å². The third kappa shape index (κ3) is 3.90. The second-order valence-corrected chi connectivity index (χ2v) is 6.94. The lowest BCUT2D eigenvalue weighted by molar-refractivity contribution is 0.591. The number of piperazine rings is 1. The van der Waals surface area contributed by atoms with Gasteiger partial charge in [-0.1, -0.05) is 12.1 Å². The molecule has 3 rings (SSSR count). The molecule has 0 amide bonds. The van der Waals surface area contributed by atoms with Crippen molar-refractivity contribution < 1.29 is 4.39 Å². The molecule has 2 aromatic rings. The van der Waals surface area contributed by atoms with Crippen LogP contribution in [0.4, 0.5) is 21.8 Å². The average molecular weight is 330 g/mol. The van der Waals surface area contributed by atoms with Crippen LogP contribution in [0.2, 0.25) is 0 Å². The number of para-hydroxylation sites is 1. The molecule has 128 valence electrons. The molecule has 6 nitrogen and oxygen atoms in total. The van der Waals surface area contributed by atoms with Gasteiger partial charge in [-0.15, -0.1) is 5.10 Å². The van der Waals surface area contributed by atoms with Crippen LogP contribution in [0.15, 0.2) is 30.5 Å². The highest BCUT2D eigenvalue weighted by molar-refractivity contribution is 5.50. The zero-order valence-electron chi connectivity index (χ0n) is 14.3. The highest BCUT2D eigenvalue weighted by atomic mass is 19.1. The van der Waals surface area contributed by atoms with Crippen molar-refractivity contribution in [2.75, 3.05) is 41.3 Å². The summed E-state index contributed by atoms with van der Waals surface area (Å²) in [6, 6.07) is 6.88. The Bertz CT molecular complexity index is 691. The van der Waals surface area contributed by atoms with E-state index >= 15 is 0 Å². The van der Waals surface area contributed by atoms with Gasteiger partial charge in [-0.3, -0.25) is 0 Å². The molecule has 7 heteroatoms. The SMILES string of the molecule is CC(C)(C)Nc1cnnc(N2CCN(c3ccccc3F)CC2)n1. The summed E-state index contributed by atoms with van der Waals surface area (Å²) >= 11 is 0. The van der Waals surface area contributed by atoms with Crippen LogP contribution in [0.3, 0.4) is 0 Å². The number of rotatable bonds is 3. The Morgan fingerprint density at radius 1 is 1.04 bits per heavy atom. The zero-order valence-corrected chi connectivity index (χ0v) is 14.3. The van der Waals surface area contributed by atoms with Crippen LogP contribution in [0.1, 0.15) is 20.8 Å². The lowest BCUT2D eigenvalue weighted by atomic mass is 10.1. The number of benzene rings is 1. The number of aromatic nitrogens is 3. The molecule has 1 aliphatic heterocycles. The van der Waals surface area contributed by atoms with Gasteiger partial charge < -0.3 is 15.1 Å². The summed E-state index contributed by atoms with van der Waals surface area (Å²) in [4.78, 5) is 8.68. The summed E-state index contributed by atoms with van der Waals surface area (Å²) in [5, 5.41) is 11.5. The largest absolute Gasteiger partial charge is 0.366 e. The van der Waals surface area contributed by atoms with E-state index in [4.69, 9.17) is 0 Å². The van der Waals surface area contributed by atoms with E-state index in [1.54, 1.807) is 12.3 Å². The molecule has 0 radical (unpaired) electrons. The lowest BCUT2D eigenvalue weighted by Crippen LogP contribution is -2.47. The molecule has 1 saturated heterocycles. The molecule has 0 saturated carbocycles. The number of hydrogen-bond acceptors (Lipinski definition) is 6. The number of hydrogen-bond donors (Lipinski definition) is 1. The maximum atomic E-state index is 13.9. The molecule has 1 aliphatic rings. The van der Waals surface area contributed by atoms with Gasteiger partial charge in [0, 0.05) is 31.7 Å². The first-order valence-corrected chi connectivity index (χ1v) is 8.15. The van der Waals surface area contributed by atoms with Gasteiger partial charge >= 0.3 is 0 Å². The standard InChI is InChI=1S/C17H23FN6/c1-17(2,3)21-15-12-19-22-16(20-15)24-10-8-23(9-11-24)14-7-5-4-6-13(14)18/h4-7,12H,8-11H2,1-3H3,(H,20,21,22). The molecule has 0 atom stereocenters. The van der Waals surface area contributed by atoms with Crippen molar-refractivity contribution in [2.24, 2.45) is 0 Å². The minimum atomic E-state index is -0.180. The van der Waals surface area contributed by atoms with Gasteiger partial charge in [0.15, 0.2) is 5.82 Å². The zero-order chi connectivity index (χ0) is 17.2. The fraction of sp³-hybridized carbons (Fsp3) is 0.471. The fourth-order valence-electron chi connectivity index (χ4n) is 2.73. The molecule has 1 fully saturated rings. The third-order valence-corrected chi connectivity index (χ3v) is 3.81. The summed E-state index contributed by atoms with van der Waals surface area (Å²) < 4.78 is 13.9. The van der Waals surface area contributed by atoms with E-state index in [0.717, 1.165) is 26.2 Å². The van der Waals surface area contributed by atoms with Crippen LogP contribution in [0, 0.1) is 5.82 Å². The smallest absolute Gasteiger partial charge is 0.247 e. The van der Waals surface area contributed by atoms with Crippen LogP contribution in [-0.4, -0.2) is 46.9 Å². The lowest BCUT2D eigenvalue weighted by Gasteiger charge is -2.36. The topological polar surface area (TPSA) is 57.2 Å². The molecule has 0 bridgehead atoms. The van der Waals surface area contributed by atoms with Crippen molar-refractivity contribution in [1.29, 1.82) is 0 Å². The summed E-state index contributed by atoms with van der Waals surface area (Å²) in [7, 11) is 0. The van der Waals surface area contributed by atoms with Crippen molar-refractivity contribution in [1.82, 2.24) is 15.2 Å². The monoisotopic (exact) mass is 330 g/mol. The number of nitrogens with one attached hydrogen (secondary N) is 1. The molecular weight excluding hydrogens is 307 g/mol. The second-order valence-electron chi connectivity index (χ2n) is 6.94. The van der Waals surface area contributed by atoms with Gasteiger partial charge in [-0.05, 0) is 32.9 Å². The average Bonchev–Trinajstić information content (AvgIpc) is 2.54. The Labute approximate surface area is 141 Å². The normalized spacial score (nSPS) is 15.5. The Balaban J connectivity index is 1.67. The third-order valence-electron chi connectivity index (χ3n) is 3.81. The fourth-order valence-corrected chi connectivity index (χ4v) is 2.73. The van der Waals surface area contributed by atoms with Gasteiger partial charge in [0.25, 0.3) is 0 Å². The van der Waals surface area contributed by atoms with E-state index in [2.05, 4.69) is 51.1 Å². The Kier molecular flexibility index (Phi) is 4.51. The summed E-state index contributed by atoms with van der Waals surface area (Å²) in [6.07, 6.45) is 1.63. The van der Waals surface area contributed by atoms with Crippen molar-refractivity contribution in [3.8, 4) is 0 Å². The molecule has 2 heterocycles. The van der Waals surface area contributed by atoms with Gasteiger partial charge in [-0.2, -0.15) is 10.1 Å². The highest BCUT2D eigenvalue weighted by Gasteiger charge is 2.22. The number of anilines is 3. The van der Waals surface area contributed by atoms with E-state index < -0.39 is 0 Å². The van der Waals surface area contributed by atoms with Crippen molar-refractivity contribution in [3.05, 3.63) is 36.3 Å². The highest BCUT2D eigenvalue weighted by Crippen LogP contribution is 2.21. The number of halogens is 1. The van der Waals surface area contributed by atoms with Crippen LogP contribution < -0.4 is 15.1 Å². The first-order chi connectivity index (χ1) is 11.4. The molecule has 0 spiro atoms. The van der Waals surface area contributed by atoms with Gasteiger partial charge in [-0.25, -0.2) is 4.39 Å². The van der Waals surface area contributed by atoms with Crippen LogP contribution in [-0.2, 0) is 0 Å². The van der Waals surface area contributed by atoms with Gasteiger partial charge in [0.1, 0.15) is 5.82 Å². The number of nitrogens with zero attached hydrogens (tertiary/aromatic N) is 5. The van der Waals surface area contributed by atoms with E-state index in [-0.39, 0.29) is 11.4 Å². The van der Waals surface area contributed by atoms with E-state index in [1.807, 2.05) is 12.1 Å². The van der Waals surface area contributed by atoms with Crippen LogP contribution in [0.5, 0.6) is 0 Å². The maximum absolute atomic E-state index is 13.9. The molecule has 1 aromatic carbocycles. The molecular formula is C17H23FN6. The van der Waals surface area contributed by atoms with Gasteiger partial charge in [0.05, 0.1) is 11.9 Å². The Morgan fingerprint density at radius 2 is 1.71 bits per heavy atom. The van der Waals surface area contributed by atoms with Crippen LogP contribution >= 0.6 is 0 Å². The predicted molar refractivity (Wildman–Crippen MR) is 94.0 cm³/mol. The Morgan fingerprint density at radius 3 is 2.38 bits per heavy atom. The maximum Gasteiger partial charge on any atom is 0.247 e. The van der Waals surface area contributed by atoms with E-state index in [9.17, 15) is 4.39 Å². The van der Waals surface area contributed by atoms with Crippen molar-refractivity contribution >= 4 is 17.5 Å². The minimum Gasteiger partial charge on any atom is -0.366 e. The van der Waals surface area contributed by atoms with E-state index in [1.165, 1.54) is 6.07 Å². The molecule has 1 N–H and O–H groups in total. The quantitative estimate of drug-likeness (QED) is 0.933. The summed E-state index contributed by atoms with van der Waals surface area (Å²) in [5.74, 6) is 1.14. The predicted octanol–water partition coefficient (Wildman–Crippen LogP) is 2.55. The first-order valence-electron chi connectivity index (χ1n) is 8.15. The summed E-state index contributed by atoms with van der Waals surface area (Å²) in [6.45, 7) is 9.12. The second kappa shape index (κ2) is 6.59. The van der Waals surface area contributed by atoms with Crippen LogP contribution in [0.25, 0.3) is 0 Å². The van der Waals surface area contributed by atoms with Crippen molar-refractivity contribution in [3.63, 3.8) is 0 Å². The first kappa shape index (κ1) is 16.4. The molecule has 1 aromatic heterocycles. The van der Waals surface area contributed by atoms with E-state index in [0.29, 0.717) is 17.5 Å². The molecule has 0 aliphatic carbocycles. The van der Waals surface area contributed by atoms with Crippen molar-refractivity contribution in [2.45, 2.75) is 26.3 Å². The summed E-state index contributed by atoms with van der Waals surface area (Å²) in [5.41, 5.74) is 0.566. The Hall–Kier alpha value is -2.44.